The lowest BCUT2D eigenvalue weighted by atomic mass is 10.0. The first-order chi connectivity index (χ1) is 11.1. The van der Waals surface area contributed by atoms with Gasteiger partial charge in [-0.25, -0.2) is 0 Å². The van der Waals surface area contributed by atoms with Crippen LogP contribution in [0.2, 0.25) is 0 Å². The van der Waals surface area contributed by atoms with Gasteiger partial charge in [0, 0.05) is 47.2 Å². The maximum absolute atomic E-state index is 12.4. The summed E-state index contributed by atoms with van der Waals surface area (Å²) in [6.07, 6.45) is 2.32. The minimum Gasteiger partial charge on any atom is -0.376 e. The van der Waals surface area contributed by atoms with E-state index >= 15 is 0 Å². The second-order valence-electron chi connectivity index (χ2n) is 6.17. The summed E-state index contributed by atoms with van der Waals surface area (Å²) >= 11 is 0. The third-order valence-corrected chi connectivity index (χ3v) is 4.77. The number of hydrogen-bond acceptors (Lipinski definition) is 5. The first-order valence-electron chi connectivity index (χ1n) is 8.25. The zero-order chi connectivity index (χ0) is 16.8. The highest BCUT2D eigenvalue weighted by Crippen LogP contribution is 2.20. The molecular formula is C16H28N2O5. The van der Waals surface area contributed by atoms with Crippen molar-refractivity contribution in [2.45, 2.75) is 43.9 Å². The van der Waals surface area contributed by atoms with Crippen LogP contribution >= 0.6 is 0 Å². The molecule has 7 nitrogen and oxygen atoms in total. The molecule has 0 saturated carbocycles. The Morgan fingerprint density at radius 3 is 2.74 bits per heavy atom. The second-order valence-corrected chi connectivity index (χ2v) is 6.17. The molecule has 132 valence electrons. The van der Waals surface area contributed by atoms with Crippen LogP contribution in [0.3, 0.4) is 0 Å². The molecule has 0 radical (unpaired) electrons. The maximum atomic E-state index is 12.4. The van der Waals surface area contributed by atoms with E-state index in [1.54, 1.807) is 26.2 Å². The molecule has 0 unspecified atom stereocenters. The van der Waals surface area contributed by atoms with Crippen LogP contribution in [0.25, 0.3) is 0 Å². The van der Waals surface area contributed by atoms with Gasteiger partial charge in [0.25, 0.3) is 0 Å². The zero-order valence-electron chi connectivity index (χ0n) is 14.3. The summed E-state index contributed by atoms with van der Waals surface area (Å²) in [5, 5.41) is 0. The van der Waals surface area contributed by atoms with E-state index < -0.39 is 0 Å². The van der Waals surface area contributed by atoms with Gasteiger partial charge in [0.15, 0.2) is 0 Å². The van der Waals surface area contributed by atoms with Crippen molar-refractivity contribution < 1.29 is 23.8 Å². The molecule has 2 amide bonds. The molecule has 2 saturated heterocycles. The highest BCUT2D eigenvalue weighted by atomic mass is 16.6. The molecule has 0 aromatic rings. The smallest absolute Gasteiger partial charge is 0.222 e. The van der Waals surface area contributed by atoms with E-state index in [1.165, 1.54) is 0 Å². The number of methoxy groups -OCH3 is 2. The summed E-state index contributed by atoms with van der Waals surface area (Å²) in [4.78, 5) is 27.5. The molecule has 2 fully saturated rings. The van der Waals surface area contributed by atoms with E-state index in [0.717, 1.165) is 13.0 Å². The van der Waals surface area contributed by atoms with Crippen LogP contribution in [0.1, 0.15) is 25.7 Å². The van der Waals surface area contributed by atoms with Gasteiger partial charge < -0.3 is 24.0 Å². The quantitative estimate of drug-likeness (QED) is 0.671. The Hall–Kier alpha value is -1.18. The predicted octanol–water partition coefficient (Wildman–Crippen LogP) is 0.276. The number of hydrogen-bond donors (Lipinski definition) is 0. The van der Waals surface area contributed by atoms with E-state index in [0.29, 0.717) is 39.0 Å². The molecule has 0 bridgehead atoms. The SMILES string of the molecule is CO[C@H]1[C@H](N(C)C(=O)CCCN2CCCC2=O)COC[C@H]1OC. The van der Waals surface area contributed by atoms with Gasteiger partial charge in [0.2, 0.25) is 11.8 Å². The summed E-state index contributed by atoms with van der Waals surface area (Å²) in [6, 6.07) is -0.153. The fourth-order valence-electron chi connectivity index (χ4n) is 3.31. The van der Waals surface area contributed by atoms with Gasteiger partial charge >= 0.3 is 0 Å². The third-order valence-electron chi connectivity index (χ3n) is 4.77. The molecule has 2 aliphatic heterocycles. The summed E-state index contributed by atoms with van der Waals surface area (Å²) in [5.74, 6) is 0.248. The number of amides is 2. The lowest BCUT2D eigenvalue weighted by Crippen LogP contribution is -2.57. The summed E-state index contributed by atoms with van der Waals surface area (Å²) in [5.41, 5.74) is 0. The normalized spacial score (nSPS) is 28.2. The fraction of sp³-hybridized carbons (Fsp3) is 0.875. The van der Waals surface area contributed by atoms with Gasteiger partial charge in [-0.2, -0.15) is 0 Å². The Morgan fingerprint density at radius 1 is 1.35 bits per heavy atom. The molecular weight excluding hydrogens is 300 g/mol. The van der Waals surface area contributed by atoms with Crippen LogP contribution in [-0.4, -0.2) is 87.4 Å². The van der Waals surface area contributed by atoms with E-state index in [-0.39, 0.29) is 30.1 Å². The van der Waals surface area contributed by atoms with Crippen LogP contribution in [0.15, 0.2) is 0 Å². The zero-order valence-corrected chi connectivity index (χ0v) is 14.3. The van der Waals surface area contributed by atoms with Gasteiger partial charge in [-0.05, 0) is 12.8 Å². The average molecular weight is 328 g/mol. The van der Waals surface area contributed by atoms with Gasteiger partial charge in [-0.15, -0.1) is 0 Å². The fourth-order valence-corrected chi connectivity index (χ4v) is 3.31. The Morgan fingerprint density at radius 2 is 2.13 bits per heavy atom. The minimum atomic E-state index is -0.192. The predicted molar refractivity (Wildman–Crippen MR) is 84.0 cm³/mol. The largest absolute Gasteiger partial charge is 0.376 e. The molecule has 3 atom stereocenters. The lowest BCUT2D eigenvalue weighted by Gasteiger charge is -2.40. The molecule has 23 heavy (non-hydrogen) atoms. The monoisotopic (exact) mass is 328 g/mol. The summed E-state index contributed by atoms with van der Waals surface area (Å²) in [7, 11) is 5.03. The van der Waals surface area contributed by atoms with E-state index in [4.69, 9.17) is 14.2 Å². The highest BCUT2D eigenvalue weighted by molar-refractivity contribution is 5.78. The van der Waals surface area contributed by atoms with Crippen molar-refractivity contribution in [3.63, 3.8) is 0 Å². The number of nitrogens with zero attached hydrogens (tertiary/aromatic N) is 2. The van der Waals surface area contributed by atoms with E-state index in [1.807, 2.05) is 4.90 Å². The van der Waals surface area contributed by atoms with E-state index in [2.05, 4.69) is 0 Å². The standard InChI is InChI=1S/C16H28N2O5/c1-17(12-10-23-11-13(21-2)16(12)22-3)14(19)6-4-8-18-9-5-7-15(18)20/h12-13,16H,4-11H2,1-3H3/t12-,13-,16+/m1/s1. The number of ether oxygens (including phenoxy) is 3. The molecule has 0 N–H and O–H groups in total. The highest BCUT2D eigenvalue weighted by Gasteiger charge is 2.38. The van der Waals surface area contributed by atoms with Crippen molar-refractivity contribution in [1.29, 1.82) is 0 Å². The number of likely N-dealkylation sites (N-methyl/N-ethyl adjacent to an activating group) is 1. The Bertz CT molecular complexity index is 417. The Labute approximate surface area is 137 Å². The van der Waals surface area contributed by atoms with Crippen molar-refractivity contribution >= 4 is 11.8 Å². The van der Waals surface area contributed by atoms with Crippen LogP contribution in [0.5, 0.6) is 0 Å². The molecule has 2 rings (SSSR count). The third kappa shape index (κ3) is 4.43. The molecule has 0 aromatic carbocycles. The summed E-state index contributed by atoms with van der Waals surface area (Å²) in [6.45, 7) is 2.41. The van der Waals surface area contributed by atoms with Crippen molar-refractivity contribution in [1.82, 2.24) is 9.80 Å². The Kier molecular flexibility index (Phi) is 6.80. The first-order valence-corrected chi connectivity index (χ1v) is 8.25. The van der Waals surface area contributed by atoms with Crippen molar-refractivity contribution in [3.8, 4) is 0 Å². The molecule has 2 aliphatic rings. The van der Waals surface area contributed by atoms with Crippen LogP contribution < -0.4 is 0 Å². The first kappa shape index (κ1) is 18.2. The molecule has 7 heteroatoms. The average Bonchev–Trinajstić information content (AvgIpc) is 2.98. The maximum Gasteiger partial charge on any atom is 0.222 e. The van der Waals surface area contributed by atoms with Crippen LogP contribution in [0.4, 0.5) is 0 Å². The number of likely N-dealkylation sites (tertiary alicyclic amines) is 1. The summed E-state index contributed by atoms with van der Waals surface area (Å²) < 4.78 is 16.4. The minimum absolute atomic E-state index is 0.0454. The molecule has 0 spiro atoms. The molecule has 2 heterocycles. The van der Waals surface area contributed by atoms with Crippen molar-refractivity contribution in [2.24, 2.45) is 0 Å². The van der Waals surface area contributed by atoms with Gasteiger partial charge in [0.05, 0.1) is 19.3 Å². The topological polar surface area (TPSA) is 68.3 Å². The van der Waals surface area contributed by atoms with Crippen LogP contribution in [0, 0.1) is 0 Å². The number of carbonyl (C=O) groups is 2. The molecule has 0 aromatic heterocycles. The number of carbonyl (C=O) groups excluding carboxylic acids is 2. The van der Waals surface area contributed by atoms with Crippen molar-refractivity contribution in [2.75, 3.05) is 47.6 Å². The van der Waals surface area contributed by atoms with Crippen LogP contribution in [-0.2, 0) is 23.8 Å². The van der Waals surface area contributed by atoms with Gasteiger partial charge in [0.1, 0.15) is 12.2 Å². The lowest BCUT2D eigenvalue weighted by molar-refractivity contribution is -0.164. The Balaban J connectivity index is 1.81. The number of rotatable bonds is 7. The van der Waals surface area contributed by atoms with Gasteiger partial charge in [-0.3, -0.25) is 9.59 Å². The van der Waals surface area contributed by atoms with Gasteiger partial charge in [-0.1, -0.05) is 0 Å². The molecule has 0 aliphatic carbocycles. The van der Waals surface area contributed by atoms with Crippen molar-refractivity contribution in [3.05, 3.63) is 0 Å². The van der Waals surface area contributed by atoms with E-state index in [9.17, 15) is 9.59 Å². The second kappa shape index (κ2) is 8.61.